The monoisotopic (exact) mass is 444 g/mol. The van der Waals surface area contributed by atoms with Gasteiger partial charge < -0.3 is 5.32 Å². The first-order valence-corrected chi connectivity index (χ1v) is 11.5. The molecule has 2 aromatic carbocycles. The van der Waals surface area contributed by atoms with Gasteiger partial charge in [-0.15, -0.1) is 0 Å². The van der Waals surface area contributed by atoms with E-state index in [2.05, 4.69) is 15.4 Å². The van der Waals surface area contributed by atoms with Crippen LogP contribution in [0.3, 0.4) is 0 Å². The number of halogens is 1. The van der Waals surface area contributed by atoms with E-state index >= 15 is 0 Å². The highest BCUT2D eigenvalue weighted by Crippen LogP contribution is 2.28. The number of nitrogens with zero attached hydrogens (tertiary/aromatic N) is 3. The molecule has 0 unspecified atom stereocenters. The number of sulfone groups is 1. The summed E-state index contributed by atoms with van der Waals surface area (Å²) >= 11 is 1.25. The van der Waals surface area contributed by atoms with Gasteiger partial charge in [0.15, 0.2) is 9.84 Å². The summed E-state index contributed by atoms with van der Waals surface area (Å²) in [5.74, 6) is -0.488. The van der Waals surface area contributed by atoms with Crippen LogP contribution in [0.15, 0.2) is 53.4 Å². The van der Waals surface area contributed by atoms with E-state index in [0.29, 0.717) is 26.9 Å². The molecule has 10 heteroatoms. The maximum atomic E-state index is 14.0. The molecular weight excluding hydrogens is 427 g/mol. The van der Waals surface area contributed by atoms with Gasteiger partial charge in [0.2, 0.25) is 5.13 Å². The Morgan fingerprint density at radius 3 is 2.60 bits per heavy atom. The van der Waals surface area contributed by atoms with Gasteiger partial charge >= 0.3 is 0 Å². The Balaban J connectivity index is 1.64. The molecule has 30 heavy (non-hydrogen) atoms. The molecule has 2 aromatic heterocycles. The number of para-hydroxylation sites is 1. The number of benzene rings is 2. The molecule has 0 aliphatic heterocycles. The first-order valence-electron chi connectivity index (χ1n) is 9.05. The Hall–Kier alpha value is -3.11. The van der Waals surface area contributed by atoms with Gasteiger partial charge in [-0.2, -0.15) is 9.78 Å². The summed E-state index contributed by atoms with van der Waals surface area (Å²) in [5, 5.41) is 7.54. The van der Waals surface area contributed by atoms with Gasteiger partial charge in [0, 0.05) is 11.6 Å². The minimum absolute atomic E-state index is 0.0141. The van der Waals surface area contributed by atoms with Crippen molar-refractivity contribution < 1.29 is 17.6 Å². The van der Waals surface area contributed by atoms with Crippen LogP contribution in [-0.4, -0.2) is 34.8 Å². The average molecular weight is 445 g/mol. The van der Waals surface area contributed by atoms with Crippen LogP contribution in [0.1, 0.15) is 23.0 Å². The molecule has 0 spiro atoms. The zero-order valence-corrected chi connectivity index (χ0v) is 17.7. The van der Waals surface area contributed by atoms with Gasteiger partial charge in [-0.25, -0.2) is 17.8 Å². The minimum Gasteiger partial charge on any atom is -0.306 e. The van der Waals surface area contributed by atoms with Crippen molar-refractivity contribution in [2.75, 3.05) is 11.1 Å². The molecule has 154 valence electrons. The third-order valence-electron chi connectivity index (χ3n) is 4.47. The number of amides is 1. The van der Waals surface area contributed by atoms with E-state index in [1.165, 1.54) is 46.4 Å². The lowest BCUT2D eigenvalue weighted by Crippen LogP contribution is -2.15. The quantitative estimate of drug-likeness (QED) is 0.503. The Labute approximate surface area is 176 Å². The molecule has 0 atom stereocenters. The topological polar surface area (TPSA) is 94.0 Å². The number of hydrogen-bond donors (Lipinski definition) is 1. The average Bonchev–Trinajstić information content (AvgIpc) is 3.32. The van der Waals surface area contributed by atoms with Crippen molar-refractivity contribution >= 4 is 43.1 Å². The second-order valence-electron chi connectivity index (χ2n) is 6.55. The van der Waals surface area contributed by atoms with Crippen molar-refractivity contribution in [3.05, 3.63) is 65.6 Å². The molecule has 0 fully saturated rings. The number of hydrogen-bond acceptors (Lipinski definition) is 6. The maximum absolute atomic E-state index is 14.0. The van der Waals surface area contributed by atoms with Gasteiger partial charge in [0.25, 0.3) is 5.91 Å². The molecule has 1 N–H and O–H groups in total. The van der Waals surface area contributed by atoms with Gasteiger partial charge in [-0.1, -0.05) is 24.3 Å². The highest BCUT2D eigenvalue weighted by Gasteiger charge is 2.17. The lowest BCUT2D eigenvalue weighted by Gasteiger charge is -2.07. The summed E-state index contributed by atoms with van der Waals surface area (Å²) in [4.78, 5) is 17.2. The Kier molecular flexibility index (Phi) is 5.12. The van der Waals surface area contributed by atoms with Crippen molar-refractivity contribution in [1.29, 1.82) is 0 Å². The third-order valence-corrected chi connectivity index (χ3v) is 7.22. The summed E-state index contributed by atoms with van der Waals surface area (Å²) in [7, 11) is -3.34. The standard InChI is InChI=1S/C20H17FN4O3S2/c1-3-30(27,28)14-9-7-13(8-10-14)19(26)22-17-11-12(2)24-25(17)20-23-18-15(21)5-4-6-16(18)29-20/h4-11H,3H2,1-2H3,(H,22,26). The molecule has 4 rings (SSSR count). The smallest absolute Gasteiger partial charge is 0.256 e. The summed E-state index contributed by atoms with van der Waals surface area (Å²) in [6.45, 7) is 3.33. The van der Waals surface area contributed by atoms with Crippen LogP contribution < -0.4 is 5.32 Å². The van der Waals surface area contributed by atoms with E-state index in [-0.39, 0.29) is 16.2 Å². The molecule has 0 saturated heterocycles. The number of nitrogens with one attached hydrogen (secondary N) is 1. The molecular formula is C20H17FN4O3S2. The Morgan fingerprint density at radius 2 is 1.93 bits per heavy atom. The van der Waals surface area contributed by atoms with E-state index < -0.39 is 21.6 Å². The normalized spacial score (nSPS) is 11.7. The number of carbonyl (C=O) groups is 1. The fourth-order valence-corrected chi connectivity index (χ4v) is 4.73. The summed E-state index contributed by atoms with van der Waals surface area (Å²) in [5.41, 5.74) is 1.19. The highest BCUT2D eigenvalue weighted by atomic mass is 32.2. The predicted molar refractivity (Wildman–Crippen MR) is 114 cm³/mol. The number of thiazole rings is 1. The number of anilines is 1. The van der Waals surface area contributed by atoms with E-state index in [9.17, 15) is 17.6 Å². The van der Waals surface area contributed by atoms with Crippen LogP contribution in [-0.2, 0) is 9.84 Å². The molecule has 1 amide bonds. The molecule has 0 bridgehead atoms. The van der Waals surface area contributed by atoms with E-state index in [1.54, 1.807) is 32.0 Å². The van der Waals surface area contributed by atoms with Gasteiger partial charge in [0.1, 0.15) is 17.2 Å². The summed E-state index contributed by atoms with van der Waals surface area (Å²) in [6.07, 6.45) is 0. The fraction of sp³-hybridized carbons (Fsp3) is 0.150. The zero-order valence-electron chi connectivity index (χ0n) is 16.1. The van der Waals surface area contributed by atoms with E-state index in [1.807, 2.05) is 0 Å². The van der Waals surface area contributed by atoms with Crippen molar-refractivity contribution in [2.24, 2.45) is 0 Å². The third kappa shape index (κ3) is 3.71. The molecule has 4 aromatic rings. The predicted octanol–water partition coefficient (Wildman–Crippen LogP) is 3.98. The van der Waals surface area contributed by atoms with Gasteiger partial charge in [0.05, 0.1) is 21.0 Å². The molecule has 0 radical (unpaired) electrons. The SMILES string of the molecule is CCS(=O)(=O)c1ccc(C(=O)Nc2cc(C)nn2-c2nc3c(F)cccc3s2)cc1. The van der Waals surface area contributed by atoms with Gasteiger partial charge in [-0.05, 0) is 43.3 Å². The largest absolute Gasteiger partial charge is 0.306 e. The van der Waals surface area contributed by atoms with Crippen molar-refractivity contribution in [3.63, 3.8) is 0 Å². The van der Waals surface area contributed by atoms with E-state index in [4.69, 9.17) is 0 Å². The lowest BCUT2D eigenvalue weighted by atomic mass is 10.2. The van der Waals surface area contributed by atoms with Gasteiger partial charge in [-0.3, -0.25) is 4.79 Å². The molecule has 0 aliphatic carbocycles. The number of fused-ring (bicyclic) bond motifs is 1. The molecule has 2 heterocycles. The minimum atomic E-state index is -3.34. The van der Waals surface area contributed by atoms with Crippen LogP contribution in [0.25, 0.3) is 15.3 Å². The van der Waals surface area contributed by atoms with Crippen molar-refractivity contribution in [3.8, 4) is 5.13 Å². The number of carbonyl (C=O) groups excluding carboxylic acids is 1. The number of rotatable bonds is 5. The number of aryl methyl sites for hydroxylation is 1. The molecule has 0 saturated carbocycles. The fourth-order valence-electron chi connectivity index (χ4n) is 2.90. The van der Waals surface area contributed by atoms with Crippen LogP contribution in [0, 0.1) is 12.7 Å². The summed E-state index contributed by atoms with van der Waals surface area (Å²) < 4.78 is 40.0. The Bertz CT molecular complexity index is 1360. The van der Waals surface area contributed by atoms with Crippen LogP contribution >= 0.6 is 11.3 Å². The van der Waals surface area contributed by atoms with Crippen LogP contribution in [0.5, 0.6) is 0 Å². The number of aromatic nitrogens is 3. The second-order valence-corrected chi connectivity index (χ2v) is 9.84. The zero-order chi connectivity index (χ0) is 21.5. The van der Waals surface area contributed by atoms with Crippen LogP contribution in [0.2, 0.25) is 0 Å². The van der Waals surface area contributed by atoms with Crippen LogP contribution in [0.4, 0.5) is 10.2 Å². The van der Waals surface area contributed by atoms with E-state index in [0.717, 1.165) is 0 Å². The first kappa shape index (κ1) is 20.2. The Morgan fingerprint density at radius 1 is 1.20 bits per heavy atom. The maximum Gasteiger partial charge on any atom is 0.256 e. The second kappa shape index (κ2) is 7.62. The lowest BCUT2D eigenvalue weighted by molar-refractivity contribution is 0.102. The highest BCUT2D eigenvalue weighted by molar-refractivity contribution is 7.91. The molecule has 7 nitrogen and oxygen atoms in total. The van der Waals surface area contributed by atoms with Crippen molar-refractivity contribution in [2.45, 2.75) is 18.7 Å². The van der Waals surface area contributed by atoms with Crippen molar-refractivity contribution in [1.82, 2.24) is 14.8 Å². The first-order chi connectivity index (χ1) is 14.3. The molecule has 0 aliphatic rings. The summed E-state index contributed by atoms with van der Waals surface area (Å²) in [6, 6.07) is 12.1.